The average Bonchev–Trinajstić information content (AvgIpc) is 3.79. The number of benzene rings is 2. The van der Waals surface area contributed by atoms with Crippen molar-refractivity contribution in [3.05, 3.63) is 86.6 Å². The lowest BCUT2D eigenvalue weighted by Gasteiger charge is -2.27. The van der Waals surface area contributed by atoms with Crippen LogP contribution in [0.5, 0.6) is 0 Å². The summed E-state index contributed by atoms with van der Waals surface area (Å²) in [5, 5.41) is 8.89. The Bertz CT molecular complexity index is 2530. The number of ketones is 1. The first-order valence-electron chi connectivity index (χ1n) is 20.8. The van der Waals surface area contributed by atoms with Gasteiger partial charge in [-0.15, -0.1) is 11.3 Å². The van der Waals surface area contributed by atoms with Gasteiger partial charge in [-0.25, -0.2) is 8.42 Å². The number of hydrogen-bond donors (Lipinski definition) is 3. The van der Waals surface area contributed by atoms with Crippen LogP contribution in [0.15, 0.2) is 59.5 Å². The third-order valence-corrected chi connectivity index (χ3v) is 14.4. The van der Waals surface area contributed by atoms with Crippen molar-refractivity contribution in [3.8, 4) is 11.1 Å². The van der Waals surface area contributed by atoms with Crippen molar-refractivity contribution in [2.45, 2.75) is 103 Å². The van der Waals surface area contributed by atoms with E-state index in [9.17, 15) is 42.0 Å². The SMILES string of the molecule is CCn1cc(-c2cccc(C(=O)CCCCCCCCCNc3cccc4c3C(=O)N(C3CCC(=O)NC3=O)C4=O)c2)c2sc(C(=O)NC3CCS(=O)(=O)CC3)cc2c1=O. The number of sulfone groups is 1. The summed E-state index contributed by atoms with van der Waals surface area (Å²) < 4.78 is 26.0. The normalized spacial score (nSPS) is 17.8. The molecule has 2 aromatic carbocycles. The van der Waals surface area contributed by atoms with Crippen molar-refractivity contribution in [1.29, 1.82) is 0 Å². The minimum absolute atomic E-state index is 0.0385. The summed E-state index contributed by atoms with van der Waals surface area (Å²) >= 11 is 1.22. The van der Waals surface area contributed by atoms with Gasteiger partial charge in [-0.05, 0) is 68.9 Å². The molecule has 2 saturated heterocycles. The number of unbranched alkanes of at least 4 members (excludes halogenated alkanes) is 6. The average molecular weight is 856 g/mol. The van der Waals surface area contributed by atoms with Gasteiger partial charge in [0.2, 0.25) is 11.8 Å². The molecule has 3 aliphatic rings. The second-order valence-corrected chi connectivity index (χ2v) is 19.1. The third kappa shape index (κ3) is 9.29. The molecule has 0 spiro atoms. The van der Waals surface area contributed by atoms with Gasteiger partial charge < -0.3 is 15.2 Å². The quantitative estimate of drug-likeness (QED) is 0.0656. The molecule has 4 aromatic rings. The fraction of sp³-hybridized carbons (Fsp3) is 0.432. The fourth-order valence-corrected chi connectivity index (χ4v) is 10.8. The van der Waals surface area contributed by atoms with Crippen LogP contribution in [0.1, 0.15) is 125 Å². The van der Waals surface area contributed by atoms with Crippen LogP contribution in [-0.2, 0) is 26.0 Å². The van der Waals surface area contributed by atoms with E-state index in [0.717, 1.165) is 61.0 Å². The van der Waals surface area contributed by atoms with Crippen LogP contribution in [0.3, 0.4) is 0 Å². The van der Waals surface area contributed by atoms with E-state index in [0.29, 0.717) is 58.6 Å². The largest absolute Gasteiger partial charge is 0.384 e. The Balaban J connectivity index is 0.862. The van der Waals surface area contributed by atoms with Crippen molar-refractivity contribution in [2.24, 2.45) is 0 Å². The molecular formula is C44H49N5O9S2. The predicted octanol–water partition coefficient (Wildman–Crippen LogP) is 5.87. The molecule has 2 fully saturated rings. The summed E-state index contributed by atoms with van der Waals surface area (Å²) in [7, 11) is -3.07. The molecule has 14 nitrogen and oxygen atoms in total. The van der Waals surface area contributed by atoms with E-state index in [1.165, 1.54) is 11.3 Å². The highest BCUT2D eigenvalue weighted by Crippen LogP contribution is 2.35. The number of nitrogens with zero attached hydrogens (tertiary/aromatic N) is 2. The number of carbonyl (C=O) groups is 6. The Morgan fingerprint density at radius 2 is 1.57 bits per heavy atom. The van der Waals surface area contributed by atoms with Crippen molar-refractivity contribution >= 4 is 72.3 Å². The second kappa shape index (κ2) is 18.4. The van der Waals surface area contributed by atoms with E-state index in [1.54, 1.807) is 41.1 Å². The fourth-order valence-electron chi connectivity index (χ4n) is 8.21. The molecule has 1 unspecified atom stereocenters. The summed E-state index contributed by atoms with van der Waals surface area (Å²) in [6.45, 7) is 2.91. The van der Waals surface area contributed by atoms with Crippen LogP contribution in [0.2, 0.25) is 0 Å². The molecule has 1 atom stereocenters. The van der Waals surface area contributed by atoms with Crippen molar-refractivity contribution < 1.29 is 37.2 Å². The molecule has 16 heteroatoms. The molecular weight excluding hydrogens is 807 g/mol. The van der Waals surface area contributed by atoms with E-state index in [1.807, 2.05) is 25.1 Å². The first kappa shape index (κ1) is 42.6. The minimum Gasteiger partial charge on any atom is -0.384 e. The number of nitrogens with one attached hydrogen (secondary N) is 3. The molecule has 0 saturated carbocycles. The number of Topliss-reactive ketones (excluding diaryl/α,β-unsaturated/α-hetero) is 1. The van der Waals surface area contributed by atoms with Crippen molar-refractivity contribution in [2.75, 3.05) is 23.4 Å². The smallest absolute Gasteiger partial charge is 0.264 e. The Morgan fingerprint density at radius 1 is 0.850 bits per heavy atom. The van der Waals surface area contributed by atoms with Crippen LogP contribution in [-0.4, -0.2) is 83.3 Å². The Hall–Kier alpha value is -5.48. The number of anilines is 1. The number of aryl methyl sites for hydroxylation is 1. The Morgan fingerprint density at radius 3 is 2.30 bits per heavy atom. The molecule has 0 aliphatic carbocycles. The molecule has 3 aliphatic heterocycles. The summed E-state index contributed by atoms with van der Waals surface area (Å²) in [6.07, 6.45) is 9.60. The zero-order valence-corrected chi connectivity index (χ0v) is 35.2. The molecule has 60 heavy (non-hydrogen) atoms. The van der Waals surface area contributed by atoms with Gasteiger partial charge >= 0.3 is 0 Å². The van der Waals surface area contributed by atoms with E-state index in [-0.39, 0.29) is 58.8 Å². The van der Waals surface area contributed by atoms with Crippen LogP contribution in [0.25, 0.3) is 21.2 Å². The van der Waals surface area contributed by atoms with Gasteiger partial charge in [0.25, 0.3) is 23.3 Å². The second-order valence-electron chi connectivity index (χ2n) is 15.7. The highest BCUT2D eigenvalue weighted by molar-refractivity contribution is 7.91. The molecule has 316 valence electrons. The molecule has 3 N–H and O–H groups in total. The first-order valence-corrected chi connectivity index (χ1v) is 23.4. The van der Waals surface area contributed by atoms with E-state index < -0.39 is 39.5 Å². The van der Waals surface area contributed by atoms with Gasteiger partial charge in [0.1, 0.15) is 15.9 Å². The number of hydrogen-bond acceptors (Lipinski definition) is 11. The van der Waals surface area contributed by atoms with Crippen LogP contribution in [0.4, 0.5) is 5.69 Å². The molecule has 2 aromatic heterocycles. The van der Waals surface area contributed by atoms with Gasteiger partial charge in [0, 0.05) is 59.7 Å². The number of thiophene rings is 1. The zero-order valence-electron chi connectivity index (χ0n) is 33.5. The number of amides is 5. The van der Waals surface area contributed by atoms with E-state index in [2.05, 4.69) is 16.0 Å². The highest BCUT2D eigenvalue weighted by Gasteiger charge is 2.45. The molecule has 0 bridgehead atoms. The number of carbonyl (C=O) groups excluding carboxylic acids is 6. The predicted molar refractivity (Wildman–Crippen MR) is 229 cm³/mol. The van der Waals surface area contributed by atoms with Gasteiger partial charge in [0.05, 0.1) is 32.9 Å². The van der Waals surface area contributed by atoms with Crippen molar-refractivity contribution in [3.63, 3.8) is 0 Å². The maximum Gasteiger partial charge on any atom is 0.264 e. The number of piperidine rings is 1. The third-order valence-electron chi connectivity index (χ3n) is 11.6. The maximum absolute atomic E-state index is 13.3. The summed E-state index contributed by atoms with van der Waals surface area (Å²) in [5.41, 5.74) is 2.97. The van der Waals surface area contributed by atoms with Crippen molar-refractivity contribution in [1.82, 2.24) is 20.1 Å². The number of pyridine rings is 1. The van der Waals surface area contributed by atoms with E-state index in [4.69, 9.17) is 0 Å². The maximum atomic E-state index is 13.3. The van der Waals surface area contributed by atoms with Crippen LogP contribution < -0.4 is 21.5 Å². The lowest BCUT2D eigenvalue weighted by molar-refractivity contribution is -0.136. The Kier molecular flexibility index (Phi) is 13.1. The number of rotatable bonds is 17. The molecule has 0 radical (unpaired) electrons. The Labute approximate surface area is 352 Å². The van der Waals surface area contributed by atoms with Crippen LogP contribution in [0, 0.1) is 0 Å². The lowest BCUT2D eigenvalue weighted by atomic mass is 9.99. The summed E-state index contributed by atoms with van der Waals surface area (Å²) in [5.74, 6) is -2.33. The molecule has 7 rings (SSSR count). The van der Waals surface area contributed by atoms with Crippen LogP contribution >= 0.6 is 11.3 Å². The first-order chi connectivity index (χ1) is 28.8. The number of fused-ring (bicyclic) bond motifs is 2. The molecule has 5 amide bonds. The highest BCUT2D eigenvalue weighted by atomic mass is 32.2. The van der Waals surface area contributed by atoms with Gasteiger partial charge in [-0.1, -0.05) is 56.4 Å². The lowest BCUT2D eigenvalue weighted by Crippen LogP contribution is -2.54. The number of imide groups is 2. The van der Waals surface area contributed by atoms with Gasteiger partial charge in [-0.2, -0.15) is 0 Å². The summed E-state index contributed by atoms with van der Waals surface area (Å²) in [6, 6.07) is 12.8. The molecule has 5 heterocycles. The summed E-state index contributed by atoms with van der Waals surface area (Å²) in [4.78, 5) is 91.6. The number of aromatic nitrogens is 1. The van der Waals surface area contributed by atoms with E-state index >= 15 is 0 Å². The topological polar surface area (TPSA) is 198 Å². The monoisotopic (exact) mass is 855 g/mol. The standard InChI is InChI=1S/C44H49N5O9S2/c1-2-48-26-32(39-31(42(48)54)25-36(59-39)41(53)46-29-19-22-60(57,58)23-20-29)27-12-10-13-28(24-27)35(50)16-8-6-4-3-5-7-9-21-45-33-15-11-14-30-38(33)44(56)49(43(30)55)34-17-18-37(51)47-40(34)52/h10-15,24-26,29,34,45H,2-9,16-23H2,1H3,(H,46,53)(H,47,51,52). The van der Waals surface area contributed by atoms with Gasteiger partial charge in [0.15, 0.2) is 5.78 Å². The minimum atomic E-state index is -3.07. The zero-order chi connectivity index (χ0) is 42.6. The van der Waals surface area contributed by atoms with Gasteiger partial charge in [-0.3, -0.25) is 43.8 Å².